The fourth-order valence-corrected chi connectivity index (χ4v) is 2.67. The summed E-state index contributed by atoms with van der Waals surface area (Å²) in [7, 11) is 0. The second-order valence-corrected chi connectivity index (χ2v) is 5.48. The number of nitrogens with zero attached hydrogens (tertiary/aromatic N) is 1. The molecule has 0 unspecified atom stereocenters. The summed E-state index contributed by atoms with van der Waals surface area (Å²) >= 11 is 10.9. The Kier molecular flexibility index (Phi) is 4.18. The Hall–Kier alpha value is -1.90. The number of halogens is 1. The van der Waals surface area contributed by atoms with Crippen LogP contribution in [0.5, 0.6) is 0 Å². The number of para-hydroxylation sites is 2. The van der Waals surface area contributed by atoms with Crippen LogP contribution < -0.4 is 4.90 Å². The van der Waals surface area contributed by atoms with Gasteiger partial charge in [-0.15, -0.1) is 12.6 Å². The van der Waals surface area contributed by atoms with Crippen molar-refractivity contribution in [1.82, 2.24) is 0 Å². The maximum atomic E-state index is 6.47. The maximum Gasteiger partial charge on any atom is 0.0779 e. The van der Waals surface area contributed by atoms with Gasteiger partial charge in [0.2, 0.25) is 0 Å². The van der Waals surface area contributed by atoms with Gasteiger partial charge in [-0.3, -0.25) is 0 Å². The van der Waals surface area contributed by atoms with E-state index in [9.17, 15) is 0 Å². The molecular formula is C18H14ClNS. The third-order valence-corrected chi connectivity index (χ3v) is 4.13. The molecule has 0 N–H and O–H groups in total. The Morgan fingerprint density at radius 1 is 0.667 bits per heavy atom. The van der Waals surface area contributed by atoms with E-state index >= 15 is 0 Å². The molecular weight excluding hydrogens is 298 g/mol. The van der Waals surface area contributed by atoms with Gasteiger partial charge in [-0.25, -0.2) is 0 Å². The second-order valence-electron chi connectivity index (χ2n) is 4.62. The highest BCUT2D eigenvalue weighted by Gasteiger charge is 2.15. The molecule has 3 rings (SSSR count). The normalized spacial score (nSPS) is 10.4. The molecule has 21 heavy (non-hydrogen) atoms. The third-order valence-electron chi connectivity index (χ3n) is 3.23. The van der Waals surface area contributed by atoms with Gasteiger partial charge in [0.05, 0.1) is 10.7 Å². The lowest BCUT2D eigenvalue weighted by Gasteiger charge is -2.26. The molecule has 0 aliphatic carbocycles. The average Bonchev–Trinajstić information content (AvgIpc) is 2.54. The molecule has 3 aromatic rings. The van der Waals surface area contributed by atoms with E-state index in [1.807, 2.05) is 54.6 Å². The van der Waals surface area contributed by atoms with Gasteiger partial charge in [-0.05, 0) is 36.4 Å². The first-order chi connectivity index (χ1) is 10.3. The maximum absolute atomic E-state index is 6.47. The van der Waals surface area contributed by atoms with Gasteiger partial charge in [-0.2, -0.15) is 0 Å². The summed E-state index contributed by atoms with van der Waals surface area (Å²) in [6, 6.07) is 26.2. The summed E-state index contributed by atoms with van der Waals surface area (Å²) < 4.78 is 0. The van der Waals surface area contributed by atoms with Crippen molar-refractivity contribution in [2.45, 2.75) is 4.90 Å². The lowest BCUT2D eigenvalue weighted by molar-refractivity contribution is 1.26. The minimum atomic E-state index is 0.647. The van der Waals surface area contributed by atoms with Crippen LogP contribution in [0.1, 0.15) is 0 Å². The molecule has 0 saturated carbocycles. The number of hydrogen-bond acceptors (Lipinski definition) is 2. The standard InChI is InChI=1S/C18H14ClNS/c19-18-16(12-7-13-17(18)21)20(14-8-3-1-4-9-14)15-10-5-2-6-11-15/h1-13,21H. The van der Waals surface area contributed by atoms with Crippen LogP contribution in [0, 0.1) is 0 Å². The van der Waals surface area contributed by atoms with Gasteiger partial charge in [-0.1, -0.05) is 54.1 Å². The van der Waals surface area contributed by atoms with Gasteiger partial charge in [0.1, 0.15) is 0 Å². The van der Waals surface area contributed by atoms with Crippen molar-refractivity contribution in [3.63, 3.8) is 0 Å². The Morgan fingerprint density at radius 2 is 1.19 bits per heavy atom. The molecule has 0 spiro atoms. The van der Waals surface area contributed by atoms with Crippen molar-refractivity contribution in [1.29, 1.82) is 0 Å². The molecule has 0 bridgehead atoms. The van der Waals surface area contributed by atoms with Gasteiger partial charge < -0.3 is 4.90 Å². The van der Waals surface area contributed by atoms with Crippen LogP contribution in [0.4, 0.5) is 17.1 Å². The molecule has 0 aliphatic heterocycles. The zero-order valence-electron chi connectivity index (χ0n) is 11.3. The van der Waals surface area contributed by atoms with E-state index in [1.165, 1.54) is 0 Å². The molecule has 0 aliphatic rings. The Bertz CT molecular complexity index is 689. The van der Waals surface area contributed by atoms with Gasteiger partial charge in [0, 0.05) is 16.3 Å². The monoisotopic (exact) mass is 311 g/mol. The molecule has 104 valence electrons. The zero-order valence-corrected chi connectivity index (χ0v) is 12.9. The average molecular weight is 312 g/mol. The molecule has 0 radical (unpaired) electrons. The lowest BCUT2D eigenvalue weighted by atomic mass is 10.2. The van der Waals surface area contributed by atoms with Gasteiger partial charge in [0.15, 0.2) is 0 Å². The van der Waals surface area contributed by atoms with E-state index in [0.29, 0.717) is 5.02 Å². The number of thiol groups is 1. The van der Waals surface area contributed by atoms with E-state index in [4.69, 9.17) is 11.6 Å². The summed E-state index contributed by atoms with van der Waals surface area (Å²) in [6.45, 7) is 0. The molecule has 0 aromatic heterocycles. The molecule has 3 aromatic carbocycles. The molecule has 3 heteroatoms. The summed E-state index contributed by atoms with van der Waals surface area (Å²) in [6.07, 6.45) is 0. The Morgan fingerprint density at radius 3 is 1.71 bits per heavy atom. The zero-order chi connectivity index (χ0) is 14.7. The first kappa shape index (κ1) is 14.1. The molecule has 0 fully saturated rings. The third kappa shape index (κ3) is 2.92. The summed E-state index contributed by atoms with van der Waals surface area (Å²) in [5.41, 5.74) is 3.04. The Balaban J connectivity index is 2.20. The molecule has 1 nitrogen and oxygen atoms in total. The highest BCUT2D eigenvalue weighted by Crippen LogP contribution is 2.40. The van der Waals surface area contributed by atoms with Crippen LogP contribution in [-0.2, 0) is 0 Å². The van der Waals surface area contributed by atoms with Crippen molar-refractivity contribution in [2.24, 2.45) is 0 Å². The topological polar surface area (TPSA) is 3.24 Å². The predicted octanol–water partition coefficient (Wildman–Crippen LogP) is 6.10. The highest BCUT2D eigenvalue weighted by atomic mass is 35.5. The summed E-state index contributed by atoms with van der Waals surface area (Å²) in [5.74, 6) is 0. The first-order valence-electron chi connectivity index (χ1n) is 6.65. The van der Waals surface area contributed by atoms with Crippen LogP contribution in [-0.4, -0.2) is 0 Å². The van der Waals surface area contributed by atoms with Crippen LogP contribution >= 0.6 is 24.2 Å². The van der Waals surface area contributed by atoms with Gasteiger partial charge >= 0.3 is 0 Å². The lowest BCUT2D eigenvalue weighted by Crippen LogP contribution is -2.10. The summed E-state index contributed by atoms with van der Waals surface area (Å²) in [5, 5.41) is 0.647. The number of anilines is 3. The number of benzene rings is 3. The smallest absolute Gasteiger partial charge is 0.0779 e. The summed E-state index contributed by atoms with van der Waals surface area (Å²) in [4.78, 5) is 2.90. The largest absolute Gasteiger partial charge is 0.309 e. The van der Waals surface area contributed by atoms with Crippen LogP contribution in [0.25, 0.3) is 0 Å². The van der Waals surface area contributed by atoms with Crippen LogP contribution in [0.2, 0.25) is 5.02 Å². The van der Waals surface area contributed by atoms with Crippen molar-refractivity contribution >= 4 is 41.3 Å². The van der Waals surface area contributed by atoms with Crippen molar-refractivity contribution < 1.29 is 0 Å². The molecule has 0 atom stereocenters. The van der Waals surface area contributed by atoms with E-state index < -0.39 is 0 Å². The van der Waals surface area contributed by atoms with Crippen LogP contribution in [0.3, 0.4) is 0 Å². The fourth-order valence-electron chi connectivity index (χ4n) is 2.26. The number of hydrogen-bond donors (Lipinski definition) is 1. The Labute approximate surface area is 135 Å². The molecule has 0 amide bonds. The highest BCUT2D eigenvalue weighted by molar-refractivity contribution is 7.80. The SMILES string of the molecule is Sc1cccc(N(c2ccccc2)c2ccccc2)c1Cl. The van der Waals surface area contributed by atoms with Crippen molar-refractivity contribution in [2.75, 3.05) is 4.90 Å². The van der Waals surface area contributed by atoms with Crippen LogP contribution in [0.15, 0.2) is 83.8 Å². The minimum Gasteiger partial charge on any atom is -0.309 e. The van der Waals surface area contributed by atoms with E-state index in [2.05, 4.69) is 41.8 Å². The van der Waals surface area contributed by atoms with E-state index in [-0.39, 0.29) is 0 Å². The fraction of sp³-hybridized carbons (Fsp3) is 0. The molecule has 0 heterocycles. The van der Waals surface area contributed by atoms with Gasteiger partial charge in [0.25, 0.3) is 0 Å². The van der Waals surface area contributed by atoms with E-state index in [0.717, 1.165) is 22.0 Å². The van der Waals surface area contributed by atoms with Crippen molar-refractivity contribution in [3.05, 3.63) is 83.9 Å². The predicted molar refractivity (Wildman–Crippen MR) is 93.4 cm³/mol. The van der Waals surface area contributed by atoms with Crippen molar-refractivity contribution in [3.8, 4) is 0 Å². The number of rotatable bonds is 3. The second kappa shape index (κ2) is 6.25. The molecule has 0 saturated heterocycles. The quantitative estimate of drug-likeness (QED) is 0.572. The van der Waals surface area contributed by atoms with E-state index in [1.54, 1.807) is 0 Å². The minimum absolute atomic E-state index is 0.647. The first-order valence-corrected chi connectivity index (χ1v) is 7.47.